The van der Waals surface area contributed by atoms with Crippen molar-refractivity contribution in [2.75, 3.05) is 11.9 Å². The Hall–Kier alpha value is -2.58. The summed E-state index contributed by atoms with van der Waals surface area (Å²) in [4.78, 5) is 28.6. The Morgan fingerprint density at radius 3 is 2.64 bits per heavy atom. The molecular formula is C17H14FN3O2S2. The van der Waals surface area contributed by atoms with Gasteiger partial charge < -0.3 is 10.6 Å². The summed E-state index contributed by atoms with van der Waals surface area (Å²) in [6.45, 7) is 0.249. The molecule has 2 heterocycles. The van der Waals surface area contributed by atoms with Crippen LogP contribution < -0.4 is 10.6 Å². The van der Waals surface area contributed by atoms with Gasteiger partial charge in [0.1, 0.15) is 5.82 Å². The SMILES string of the molecule is O=C(CCNC(=O)c1cccs1)Nc1nc(-c2ccc(F)cc2)cs1. The van der Waals surface area contributed by atoms with E-state index < -0.39 is 0 Å². The number of carbonyl (C=O) groups is 2. The number of carbonyl (C=O) groups excluding carboxylic acids is 2. The first kappa shape index (κ1) is 17.2. The van der Waals surface area contributed by atoms with Crippen LogP contribution in [0.5, 0.6) is 0 Å². The normalized spacial score (nSPS) is 10.4. The minimum atomic E-state index is -0.308. The van der Waals surface area contributed by atoms with E-state index in [1.165, 1.54) is 34.8 Å². The topological polar surface area (TPSA) is 71.1 Å². The highest BCUT2D eigenvalue weighted by atomic mass is 32.1. The van der Waals surface area contributed by atoms with Crippen LogP contribution in [0.1, 0.15) is 16.1 Å². The van der Waals surface area contributed by atoms with Gasteiger partial charge >= 0.3 is 0 Å². The number of thiazole rings is 1. The number of benzene rings is 1. The van der Waals surface area contributed by atoms with Crippen molar-refractivity contribution >= 4 is 39.6 Å². The second-order valence-corrected chi connectivity index (χ2v) is 6.88. The van der Waals surface area contributed by atoms with Crippen molar-refractivity contribution in [3.63, 3.8) is 0 Å². The number of hydrogen-bond acceptors (Lipinski definition) is 5. The molecule has 3 rings (SSSR count). The van der Waals surface area contributed by atoms with Crippen LogP contribution in [0.2, 0.25) is 0 Å². The van der Waals surface area contributed by atoms with E-state index in [1.807, 2.05) is 5.38 Å². The average molecular weight is 375 g/mol. The lowest BCUT2D eigenvalue weighted by atomic mass is 10.2. The fraction of sp³-hybridized carbons (Fsp3) is 0.118. The fourth-order valence-corrected chi connectivity index (χ4v) is 3.43. The smallest absolute Gasteiger partial charge is 0.261 e. The summed E-state index contributed by atoms with van der Waals surface area (Å²) in [5.74, 6) is -0.723. The van der Waals surface area contributed by atoms with Crippen molar-refractivity contribution in [3.05, 3.63) is 57.9 Å². The largest absolute Gasteiger partial charge is 0.351 e. The zero-order chi connectivity index (χ0) is 17.6. The van der Waals surface area contributed by atoms with E-state index in [9.17, 15) is 14.0 Å². The molecule has 3 aromatic rings. The Morgan fingerprint density at radius 1 is 1.12 bits per heavy atom. The van der Waals surface area contributed by atoms with Gasteiger partial charge in [0.05, 0.1) is 10.6 Å². The van der Waals surface area contributed by atoms with E-state index in [2.05, 4.69) is 15.6 Å². The Bertz CT molecular complexity index is 860. The molecule has 2 N–H and O–H groups in total. The Balaban J connectivity index is 1.48. The second kappa shape index (κ2) is 8.00. The van der Waals surface area contributed by atoms with Crippen LogP contribution in [0.25, 0.3) is 11.3 Å². The first-order valence-corrected chi connectivity index (χ1v) is 9.21. The number of amides is 2. The van der Waals surface area contributed by atoms with Crippen molar-refractivity contribution < 1.29 is 14.0 Å². The van der Waals surface area contributed by atoms with Gasteiger partial charge in [-0.15, -0.1) is 22.7 Å². The molecule has 0 radical (unpaired) electrons. The van der Waals surface area contributed by atoms with Crippen LogP contribution in [-0.4, -0.2) is 23.3 Å². The van der Waals surface area contributed by atoms with E-state index in [4.69, 9.17) is 0 Å². The van der Waals surface area contributed by atoms with Crippen LogP contribution in [0.3, 0.4) is 0 Å². The van der Waals surface area contributed by atoms with Crippen molar-refractivity contribution in [1.82, 2.24) is 10.3 Å². The van der Waals surface area contributed by atoms with E-state index in [0.717, 1.165) is 5.56 Å². The molecular weight excluding hydrogens is 361 g/mol. The van der Waals surface area contributed by atoms with Gasteiger partial charge in [-0.2, -0.15) is 0 Å². The van der Waals surface area contributed by atoms with Crippen LogP contribution in [0.15, 0.2) is 47.2 Å². The van der Waals surface area contributed by atoms with Crippen molar-refractivity contribution in [3.8, 4) is 11.3 Å². The lowest BCUT2D eigenvalue weighted by molar-refractivity contribution is -0.116. The molecule has 0 bridgehead atoms. The standard InChI is InChI=1S/C17H14FN3O2S2/c18-12-5-3-11(4-6-12)13-10-25-17(20-13)21-15(22)7-8-19-16(23)14-2-1-9-24-14/h1-6,9-10H,7-8H2,(H,19,23)(H,20,21,22). The molecule has 0 aliphatic carbocycles. The van der Waals surface area contributed by atoms with Crippen molar-refractivity contribution in [2.24, 2.45) is 0 Å². The van der Waals surface area contributed by atoms with Crippen molar-refractivity contribution in [2.45, 2.75) is 6.42 Å². The van der Waals surface area contributed by atoms with Crippen molar-refractivity contribution in [1.29, 1.82) is 0 Å². The summed E-state index contributed by atoms with van der Waals surface area (Å²) in [6, 6.07) is 9.53. The molecule has 0 unspecified atom stereocenters. The molecule has 25 heavy (non-hydrogen) atoms. The minimum absolute atomic E-state index is 0.155. The van der Waals surface area contributed by atoms with E-state index in [1.54, 1.807) is 29.6 Å². The summed E-state index contributed by atoms with van der Waals surface area (Å²) in [5.41, 5.74) is 1.45. The maximum Gasteiger partial charge on any atom is 0.261 e. The number of halogens is 1. The highest BCUT2D eigenvalue weighted by Gasteiger charge is 2.10. The van der Waals surface area contributed by atoms with Gasteiger partial charge in [0.2, 0.25) is 5.91 Å². The molecule has 0 saturated heterocycles. The van der Waals surface area contributed by atoms with E-state index in [0.29, 0.717) is 15.7 Å². The first-order valence-electron chi connectivity index (χ1n) is 7.45. The predicted octanol–water partition coefficient (Wildman–Crippen LogP) is 3.77. The first-order chi connectivity index (χ1) is 12.1. The number of nitrogens with zero attached hydrogens (tertiary/aromatic N) is 1. The number of thiophene rings is 1. The highest BCUT2D eigenvalue weighted by molar-refractivity contribution is 7.14. The van der Waals surface area contributed by atoms with E-state index in [-0.39, 0.29) is 30.6 Å². The molecule has 0 saturated carbocycles. The summed E-state index contributed by atoms with van der Waals surface area (Å²) >= 11 is 2.64. The molecule has 0 atom stereocenters. The summed E-state index contributed by atoms with van der Waals surface area (Å²) < 4.78 is 12.9. The Morgan fingerprint density at radius 2 is 1.92 bits per heavy atom. The van der Waals surface area contributed by atoms with Gasteiger partial charge in [-0.3, -0.25) is 9.59 Å². The third-order valence-electron chi connectivity index (χ3n) is 3.27. The monoisotopic (exact) mass is 375 g/mol. The number of hydrogen-bond donors (Lipinski definition) is 2. The summed E-state index contributed by atoms with van der Waals surface area (Å²) in [5, 5.41) is 9.48. The average Bonchev–Trinajstić information content (AvgIpc) is 3.27. The van der Waals surface area contributed by atoms with Gasteiger partial charge in [-0.05, 0) is 35.7 Å². The third-order valence-corrected chi connectivity index (χ3v) is 4.90. The second-order valence-electron chi connectivity index (χ2n) is 5.08. The summed E-state index contributed by atoms with van der Waals surface area (Å²) in [7, 11) is 0. The number of nitrogens with one attached hydrogen (secondary N) is 2. The maximum atomic E-state index is 12.9. The fourth-order valence-electron chi connectivity index (χ4n) is 2.05. The zero-order valence-corrected chi connectivity index (χ0v) is 14.6. The molecule has 0 spiro atoms. The molecule has 5 nitrogen and oxygen atoms in total. The summed E-state index contributed by atoms with van der Waals surface area (Å²) in [6.07, 6.45) is 0.155. The van der Waals surface area contributed by atoms with Crippen LogP contribution in [0, 0.1) is 5.82 Å². The highest BCUT2D eigenvalue weighted by Crippen LogP contribution is 2.25. The minimum Gasteiger partial charge on any atom is -0.351 e. The molecule has 0 aliphatic heterocycles. The Labute approximate surface area is 151 Å². The van der Waals surface area contributed by atoms with Gasteiger partial charge in [0, 0.05) is 23.9 Å². The molecule has 0 fully saturated rings. The van der Waals surface area contributed by atoms with Gasteiger partial charge in [-0.25, -0.2) is 9.37 Å². The van der Waals surface area contributed by atoms with E-state index >= 15 is 0 Å². The predicted molar refractivity (Wildman–Crippen MR) is 97.4 cm³/mol. The molecule has 0 aliphatic rings. The van der Waals surface area contributed by atoms with Gasteiger partial charge in [0.25, 0.3) is 5.91 Å². The molecule has 2 amide bonds. The number of anilines is 1. The Kier molecular flexibility index (Phi) is 5.52. The molecule has 128 valence electrons. The lowest BCUT2D eigenvalue weighted by Gasteiger charge is -2.03. The molecule has 2 aromatic heterocycles. The van der Waals surface area contributed by atoms with Gasteiger partial charge in [0.15, 0.2) is 5.13 Å². The molecule has 8 heteroatoms. The van der Waals surface area contributed by atoms with Crippen LogP contribution >= 0.6 is 22.7 Å². The quantitative estimate of drug-likeness (QED) is 0.689. The zero-order valence-electron chi connectivity index (χ0n) is 13.0. The number of aromatic nitrogens is 1. The molecule has 1 aromatic carbocycles. The van der Waals surface area contributed by atoms with Gasteiger partial charge in [-0.1, -0.05) is 6.07 Å². The lowest BCUT2D eigenvalue weighted by Crippen LogP contribution is -2.27. The third kappa shape index (κ3) is 4.71. The number of rotatable bonds is 6. The van der Waals surface area contributed by atoms with Crippen LogP contribution in [-0.2, 0) is 4.79 Å². The maximum absolute atomic E-state index is 12.9. The van der Waals surface area contributed by atoms with Crippen LogP contribution in [0.4, 0.5) is 9.52 Å².